The van der Waals surface area contributed by atoms with Crippen LogP contribution in [0.25, 0.3) is 22.1 Å². The lowest BCUT2D eigenvalue weighted by molar-refractivity contribution is -0.118. The second-order valence-corrected chi connectivity index (χ2v) is 9.45. The molecule has 9 heteroatoms. The molecule has 0 bridgehead atoms. The van der Waals surface area contributed by atoms with Gasteiger partial charge in [0.15, 0.2) is 23.1 Å². The number of ether oxygens (including phenoxy) is 2. The number of amides is 1. The summed E-state index contributed by atoms with van der Waals surface area (Å²) in [7, 11) is 0. The average Bonchev–Trinajstić information content (AvgIpc) is 3.36. The Kier molecular flexibility index (Phi) is 6.52. The maximum absolute atomic E-state index is 13.1. The molecule has 2 aromatic heterocycles. The van der Waals surface area contributed by atoms with Crippen molar-refractivity contribution >= 4 is 60.9 Å². The summed E-state index contributed by atoms with van der Waals surface area (Å²) in [6.45, 7) is 2.11. The van der Waals surface area contributed by atoms with Gasteiger partial charge in [0.1, 0.15) is 0 Å². The number of nitrogens with zero attached hydrogens (tertiary/aromatic N) is 2. The lowest BCUT2D eigenvalue weighted by atomic mass is 10.2. The van der Waals surface area contributed by atoms with E-state index in [1.165, 1.54) is 11.3 Å². The van der Waals surface area contributed by atoms with Gasteiger partial charge in [-0.3, -0.25) is 9.59 Å². The molecule has 0 saturated carbocycles. The van der Waals surface area contributed by atoms with Crippen LogP contribution < -0.4 is 24.9 Å². The van der Waals surface area contributed by atoms with Gasteiger partial charge in [0.25, 0.3) is 11.5 Å². The van der Waals surface area contributed by atoms with Gasteiger partial charge in [0.2, 0.25) is 0 Å². The lowest BCUT2D eigenvalue weighted by Gasteiger charge is -2.14. The molecule has 5 aromatic rings. The first kappa shape index (κ1) is 23.1. The zero-order valence-corrected chi connectivity index (χ0v) is 21.1. The van der Waals surface area contributed by atoms with Gasteiger partial charge in [0.05, 0.1) is 22.2 Å². The fourth-order valence-corrected chi connectivity index (χ4v) is 5.07. The number of benzene rings is 3. The van der Waals surface area contributed by atoms with Gasteiger partial charge >= 0.3 is 0 Å². The van der Waals surface area contributed by atoms with Crippen LogP contribution in [0, 0.1) is 0 Å². The molecule has 1 amide bonds. The highest BCUT2D eigenvalue weighted by atomic mass is 79.9. The van der Waals surface area contributed by atoms with Gasteiger partial charge in [-0.1, -0.05) is 57.6 Å². The normalized spacial score (nSPS) is 11.8. The third-order valence-electron chi connectivity index (χ3n) is 5.21. The van der Waals surface area contributed by atoms with Crippen molar-refractivity contribution in [3.05, 3.63) is 91.7 Å². The number of carbonyl (C=O) groups is 1. The van der Waals surface area contributed by atoms with E-state index in [0.717, 1.165) is 16.6 Å². The van der Waals surface area contributed by atoms with Gasteiger partial charge in [-0.2, -0.15) is 0 Å². The summed E-state index contributed by atoms with van der Waals surface area (Å²) >= 11 is 4.89. The van der Waals surface area contributed by atoms with Gasteiger partial charge < -0.3 is 14.8 Å². The van der Waals surface area contributed by atoms with Crippen LogP contribution in [0.4, 0.5) is 5.69 Å². The number of rotatable bonds is 7. The van der Waals surface area contributed by atoms with Crippen molar-refractivity contribution < 1.29 is 14.3 Å². The standard InChI is InChI=1S/C26H20BrN3O4S/c1-2-33-21-12-16(13-23-25(32)30-20-11-7-6-10-19(20)29-26(30)35-23)18(27)14-22(21)34-15-24(31)28-17-8-4-3-5-9-17/h3-14H,2,15H2,1H3,(H,28,31)/b23-13-. The zero-order chi connectivity index (χ0) is 24.4. The molecule has 0 unspecified atom stereocenters. The van der Waals surface area contributed by atoms with Crippen molar-refractivity contribution in [2.75, 3.05) is 18.5 Å². The van der Waals surface area contributed by atoms with E-state index in [2.05, 4.69) is 26.2 Å². The van der Waals surface area contributed by atoms with Gasteiger partial charge in [-0.25, -0.2) is 9.38 Å². The van der Waals surface area contributed by atoms with Gasteiger partial charge in [0, 0.05) is 10.2 Å². The number of aromatic nitrogens is 2. The summed E-state index contributed by atoms with van der Waals surface area (Å²) in [6, 6.07) is 20.3. The van der Waals surface area contributed by atoms with Crippen LogP contribution in [-0.2, 0) is 4.79 Å². The number of thiazole rings is 1. The van der Waals surface area contributed by atoms with E-state index in [-0.39, 0.29) is 18.1 Å². The third kappa shape index (κ3) is 4.78. The van der Waals surface area contributed by atoms with Crippen LogP contribution in [0.2, 0.25) is 0 Å². The van der Waals surface area contributed by atoms with Gasteiger partial charge in [-0.15, -0.1) is 0 Å². The lowest BCUT2D eigenvalue weighted by Crippen LogP contribution is -2.22. The summed E-state index contributed by atoms with van der Waals surface area (Å²) in [5, 5.41) is 2.79. The van der Waals surface area contributed by atoms with Crippen molar-refractivity contribution in [2.45, 2.75) is 6.92 Å². The number of nitrogens with one attached hydrogen (secondary N) is 1. The summed E-state index contributed by atoms with van der Waals surface area (Å²) in [5.41, 5.74) is 2.90. The molecule has 2 heterocycles. The van der Waals surface area contributed by atoms with E-state index in [0.29, 0.717) is 37.8 Å². The molecule has 0 radical (unpaired) electrons. The molecule has 7 nitrogen and oxygen atoms in total. The van der Waals surface area contributed by atoms with Gasteiger partial charge in [-0.05, 0) is 55.0 Å². The number of para-hydroxylation sites is 3. The first-order valence-electron chi connectivity index (χ1n) is 10.9. The van der Waals surface area contributed by atoms with Crippen molar-refractivity contribution in [3.8, 4) is 11.5 Å². The molecule has 0 spiro atoms. The van der Waals surface area contributed by atoms with E-state index in [9.17, 15) is 9.59 Å². The fraction of sp³-hybridized carbons (Fsp3) is 0.115. The Hall–Kier alpha value is -3.69. The Bertz CT molecular complexity index is 1650. The largest absolute Gasteiger partial charge is 0.490 e. The molecule has 1 N–H and O–H groups in total. The van der Waals surface area contributed by atoms with E-state index in [4.69, 9.17) is 9.47 Å². The van der Waals surface area contributed by atoms with E-state index < -0.39 is 0 Å². The van der Waals surface area contributed by atoms with Crippen LogP contribution in [0.1, 0.15) is 12.5 Å². The Morgan fingerprint density at radius 1 is 1.09 bits per heavy atom. The van der Waals surface area contributed by atoms with Crippen molar-refractivity contribution in [1.82, 2.24) is 9.38 Å². The predicted molar refractivity (Wildman–Crippen MR) is 142 cm³/mol. The highest BCUT2D eigenvalue weighted by Crippen LogP contribution is 2.34. The maximum Gasteiger partial charge on any atom is 0.274 e. The molecule has 0 aliphatic heterocycles. The fourth-order valence-electron chi connectivity index (χ4n) is 3.66. The van der Waals surface area contributed by atoms with Crippen LogP contribution in [0.15, 0.2) is 76.0 Å². The molecule has 3 aromatic carbocycles. The third-order valence-corrected chi connectivity index (χ3v) is 6.87. The van der Waals surface area contributed by atoms with E-state index in [1.54, 1.807) is 34.7 Å². The molecule has 5 rings (SSSR count). The zero-order valence-electron chi connectivity index (χ0n) is 18.7. The summed E-state index contributed by atoms with van der Waals surface area (Å²) < 4.78 is 14.4. The SMILES string of the molecule is CCOc1cc(/C=c2\sc3nc4ccccc4n3c2=O)c(Br)cc1OCC(=O)Nc1ccccc1. The van der Waals surface area contributed by atoms with E-state index >= 15 is 0 Å². The number of hydrogen-bond acceptors (Lipinski definition) is 6. The molecule has 0 aliphatic carbocycles. The van der Waals surface area contributed by atoms with Crippen LogP contribution in [-0.4, -0.2) is 28.5 Å². The Balaban J connectivity index is 1.44. The number of anilines is 1. The van der Waals surface area contributed by atoms with Crippen molar-refractivity contribution in [1.29, 1.82) is 0 Å². The molecular formula is C26H20BrN3O4S. The molecule has 0 saturated heterocycles. The van der Waals surface area contributed by atoms with Crippen LogP contribution in [0.5, 0.6) is 11.5 Å². The van der Waals surface area contributed by atoms with E-state index in [1.807, 2.05) is 49.4 Å². The number of halogens is 1. The summed E-state index contributed by atoms with van der Waals surface area (Å²) in [6.07, 6.45) is 1.80. The number of fused-ring (bicyclic) bond motifs is 3. The average molecular weight is 550 g/mol. The molecule has 0 aliphatic rings. The summed E-state index contributed by atoms with van der Waals surface area (Å²) in [5.74, 6) is 0.623. The minimum absolute atomic E-state index is 0.124. The van der Waals surface area contributed by atoms with Crippen molar-refractivity contribution in [3.63, 3.8) is 0 Å². The predicted octanol–water partition coefficient (Wildman–Crippen LogP) is 4.64. The second kappa shape index (κ2) is 9.89. The molecule has 176 valence electrons. The molecule has 0 atom stereocenters. The highest BCUT2D eigenvalue weighted by Gasteiger charge is 2.14. The minimum Gasteiger partial charge on any atom is -0.490 e. The number of hydrogen-bond donors (Lipinski definition) is 1. The quantitative estimate of drug-likeness (QED) is 0.320. The monoisotopic (exact) mass is 549 g/mol. The maximum atomic E-state index is 13.1. The van der Waals surface area contributed by atoms with Crippen LogP contribution >= 0.6 is 27.3 Å². The van der Waals surface area contributed by atoms with Crippen molar-refractivity contribution in [2.24, 2.45) is 0 Å². The molecule has 0 fully saturated rings. The molecular weight excluding hydrogens is 530 g/mol. The highest BCUT2D eigenvalue weighted by molar-refractivity contribution is 9.10. The second-order valence-electron chi connectivity index (χ2n) is 7.59. The minimum atomic E-state index is -0.282. The number of imidazole rings is 1. The molecule has 35 heavy (non-hydrogen) atoms. The summed E-state index contributed by atoms with van der Waals surface area (Å²) in [4.78, 5) is 30.6. The topological polar surface area (TPSA) is 81.9 Å². The Morgan fingerprint density at radius 2 is 1.83 bits per heavy atom. The van der Waals surface area contributed by atoms with Crippen LogP contribution in [0.3, 0.4) is 0 Å². The Morgan fingerprint density at radius 3 is 2.63 bits per heavy atom. The Labute approximate surface area is 212 Å². The first-order chi connectivity index (χ1) is 17.0. The smallest absolute Gasteiger partial charge is 0.274 e. The number of carbonyl (C=O) groups excluding carboxylic acids is 1. The first-order valence-corrected chi connectivity index (χ1v) is 12.5.